The van der Waals surface area contributed by atoms with Crippen molar-refractivity contribution >= 4 is 5.69 Å². The van der Waals surface area contributed by atoms with Gasteiger partial charge in [0.15, 0.2) is 0 Å². The number of methoxy groups -OCH3 is 1. The first-order chi connectivity index (χ1) is 10.2. The summed E-state index contributed by atoms with van der Waals surface area (Å²) < 4.78 is 16.7. The highest BCUT2D eigenvalue weighted by atomic mass is 16.5. The van der Waals surface area contributed by atoms with E-state index in [9.17, 15) is 0 Å². The number of hydrogen-bond acceptors (Lipinski definition) is 5. The average Bonchev–Trinajstić information content (AvgIpc) is 2.94. The van der Waals surface area contributed by atoms with Crippen molar-refractivity contribution in [3.8, 4) is 11.5 Å². The SMILES string of the molecule is COc1ccc2c(c1)N(Cc1ccc(CO)o1)CC(C)O2. The van der Waals surface area contributed by atoms with Gasteiger partial charge >= 0.3 is 0 Å². The number of anilines is 1. The molecule has 3 rings (SSSR count). The quantitative estimate of drug-likeness (QED) is 0.937. The molecular formula is C16H19NO4. The van der Waals surface area contributed by atoms with Crippen LogP contribution in [0.4, 0.5) is 5.69 Å². The smallest absolute Gasteiger partial charge is 0.143 e. The predicted octanol–water partition coefficient (Wildman–Crippen LogP) is 2.57. The molecule has 1 aromatic heterocycles. The molecule has 0 aliphatic carbocycles. The second kappa shape index (κ2) is 5.69. The molecule has 2 heterocycles. The van der Waals surface area contributed by atoms with Crippen molar-refractivity contribution < 1.29 is 19.0 Å². The third kappa shape index (κ3) is 2.83. The van der Waals surface area contributed by atoms with Gasteiger partial charge in [0.1, 0.15) is 35.7 Å². The Kier molecular flexibility index (Phi) is 3.75. The molecule has 1 aliphatic heterocycles. The van der Waals surface area contributed by atoms with E-state index in [0.29, 0.717) is 12.3 Å². The minimum atomic E-state index is -0.0794. The van der Waals surface area contributed by atoms with Gasteiger partial charge in [-0.05, 0) is 31.2 Å². The Bertz CT molecular complexity index is 622. The first-order valence-corrected chi connectivity index (χ1v) is 6.97. The number of fused-ring (bicyclic) bond motifs is 1. The molecule has 1 N–H and O–H groups in total. The van der Waals surface area contributed by atoms with Gasteiger partial charge in [-0.2, -0.15) is 0 Å². The molecule has 0 spiro atoms. The van der Waals surface area contributed by atoms with Gasteiger partial charge in [-0.15, -0.1) is 0 Å². The van der Waals surface area contributed by atoms with Crippen molar-refractivity contribution in [2.75, 3.05) is 18.6 Å². The van der Waals surface area contributed by atoms with Crippen LogP contribution in [0.1, 0.15) is 18.4 Å². The normalized spacial score (nSPS) is 17.3. The molecule has 2 aromatic rings. The van der Waals surface area contributed by atoms with Crippen LogP contribution in [0.15, 0.2) is 34.7 Å². The summed E-state index contributed by atoms with van der Waals surface area (Å²) in [6, 6.07) is 9.48. The molecule has 21 heavy (non-hydrogen) atoms. The fourth-order valence-electron chi connectivity index (χ4n) is 2.56. The van der Waals surface area contributed by atoms with Gasteiger partial charge in [0, 0.05) is 6.07 Å². The number of rotatable bonds is 4. The highest BCUT2D eigenvalue weighted by Crippen LogP contribution is 2.37. The third-order valence-electron chi connectivity index (χ3n) is 3.53. The molecule has 0 saturated heterocycles. The number of nitrogens with zero attached hydrogens (tertiary/aromatic N) is 1. The minimum Gasteiger partial charge on any atom is -0.497 e. The molecule has 0 saturated carbocycles. The monoisotopic (exact) mass is 289 g/mol. The lowest BCUT2D eigenvalue weighted by atomic mass is 10.2. The lowest BCUT2D eigenvalue weighted by Gasteiger charge is -2.34. The van der Waals surface area contributed by atoms with E-state index >= 15 is 0 Å². The van der Waals surface area contributed by atoms with Crippen LogP contribution < -0.4 is 14.4 Å². The molecule has 0 amide bonds. The number of furan rings is 1. The Morgan fingerprint density at radius 3 is 2.81 bits per heavy atom. The van der Waals surface area contributed by atoms with Crippen molar-refractivity contribution in [3.63, 3.8) is 0 Å². The summed E-state index contributed by atoms with van der Waals surface area (Å²) in [5.41, 5.74) is 0.995. The van der Waals surface area contributed by atoms with E-state index in [4.69, 9.17) is 19.0 Å². The van der Waals surface area contributed by atoms with E-state index in [0.717, 1.165) is 29.5 Å². The summed E-state index contributed by atoms with van der Waals surface area (Å²) in [5, 5.41) is 9.08. The van der Waals surface area contributed by atoms with E-state index < -0.39 is 0 Å². The van der Waals surface area contributed by atoms with Gasteiger partial charge in [-0.25, -0.2) is 0 Å². The van der Waals surface area contributed by atoms with Crippen LogP contribution >= 0.6 is 0 Å². The van der Waals surface area contributed by atoms with Crippen molar-refractivity contribution in [1.82, 2.24) is 0 Å². The summed E-state index contributed by atoms with van der Waals surface area (Å²) in [7, 11) is 1.65. The van der Waals surface area contributed by atoms with E-state index in [2.05, 4.69) is 4.90 Å². The summed E-state index contributed by atoms with van der Waals surface area (Å²) >= 11 is 0. The number of ether oxygens (including phenoxy) is 2. The third-order valence-corrected chi connectivity index (χ3v) is 3.53. The maximum absolute atomic E-state index is 9.08. The minimum absolute atomic E-state index is 0.0794. The van der Waals surface area contributed by atoms with Gasteiger partial charge in [0.2, 0.25) is 0 Å². The van der Waals surface area contributed by atoms with Crippen LogP contribution in [-0.2, 0) is 13.2 Å². The molecule has 1 aliphatic rings. The van der Waals surface area contributed by atoms with Gasteiger partial charge < -0.3 is 23.9 Å². The second-order valence-corrected chi connectivity index (χ2v) is 5.17. The van der Waals surface area contributed by atoms with Gasteiger partial charge in [-0.1, -0.05) is 0 Å². The lowest BCUT2D eigenvalue weighted by Crippen LogP contribution is -2.37. The summed E-state index contributed by atoms with van der Waals surface area (Å²) in [4.78, 5) is 2.20. The van der Waals surface area contributed by atoms with Crippen molar-refractivity contribution in [1.29, 1.82) is 0 Å². The molecule has 1 atom stereocenters. The molecule has 0 fully saturated rings. The Morgan fingerprint density at radius 2 is 2.10 bits per heavy atom. The van der Waals surface area contributed by atoms with E-state index in [1.165, 1.54) is 0 Å². The van der Waals surface area contributed by atoms with Crippen molar-refractivity contribution in [2.45, 2.75) is 26.2 Å². The Labute approximate surface area is 123 Å². The lowest BCUT2D eigenvalue weighted by molar-refractivity contribution is 0.209. The Morgan fingerprint density at radius 1 is 1.29 bits per heavy atom. The second-order valence-electron chi connectivity index (χ2n) is 5.17. The van der Waals surface area contributed by atoms with Crippen molar-refractivity contribution in [2.24, 2.45) is 0 Å². The zero-order chi connectivity index (χ0) is 14.8. The number of aliphatic hydroxyl groups is 1. The highest BCUT2D eigenvalue weighted by Gasteiger charge is 2.24. The van der Waals surface area contributed by atoms with Crippen LogP contribution in [0.25, 0.3) is 0 Å². The summed E-state index contributed by atoms with van der Waals surface area (Å²) in [5.74, 6) is 3.05. The van der Waals surface area contributed by atoms with Crippen LogP contribution in [0.3, 0.4) is 0 Å². The molecule has 1 aromatic carbocycles. The maximum Gasteiger partial charge on any atom is 0.143 e. The first kappa shape index (κ1) is 13.8. The first-order valence-electron chi connectivity index (χ1n) is 6.97. The Hall–Kier alpha value is -2.14. The number of aliphatic hydroxyl groups excluding tert-OH is 1. The van der Waals surface area contributed by atoms with Crippen LogP contribution in [0, 0.1) is 0 Å². The predicted molar refractivity (Wildman–Crippen MR) is 78.8 cm³/mol. The molecule has 5 nitrogen and oxygen atoms in total. The fraction of sp³-hybridized carbons (Fsp3) is 0.375. The average molecular weight is 289 g/mol. The standard InChI is InChI=1S/C16H19NO4/c1-11-8-17(9-13-3-4-14(10-18)21-13)15-7-12(19-2)5-6-16(15)20-11/h3-7,11,18H,8-10H2,1-2H3. The van der Waals surface area contributed by atoms with E-state index in [1.807, 2.05) is 31.2 Å². The maximum atomic E-state index is 9.08. The number of hydrogen-bond donors (Lipinski definition) is 1. The highest BCUT2D eigenvalue weighted by molar-refractivity contribution is 5.63. The van der Waals surface area contributed by atoms with Crippen molar-refractivity contribution in [3.05, 3.63) is 41.9 Å². The molecular weight excluding hydrogens is 270 g/mol. The summed E-state index contributed by atoms with van der Waals surface area (Å²) in [6.07, 6.45) is 0.109. The summed E-state index contributed by atoms with van der Waals surface area (Å²) in [6.45, 7) is 3.37. The van der Waals surface area contributed by atoms with Gasteiger partial charge in [0.05, 0.1) is 25.9 Å². The number of benzene rings is 1. The largest absolute Gasteiger partial charge is 0.497 e. The zero-order valence-electron chi connectivity index (χ0n) is 12.2. The van der Waals surface area contributed by atoms with E-state index in [-0.39, 0.29) is 12.7 Å². The fourth-order valence-corrected chi connectivity index (χ4v) is 2.56. The molecule has 0 bridgehead atoms. The van der Waals surface area contributed by atoms with E-state index in [1.54, 1.807) is 13.2 Å². The zero-order valence-corrected chi connectivity index (χ0v) is 12.2. The van der Waals surface area contributed by atoms with Crippen LogP contribution in [0.2, 0.25) is 0 Å². The molecule has 112 valence electrons. The molecule has 5 heteroatoms. The molecule has 1 unspecified atom stereocenters. The van der Waals surface area contributed by atoms with Gasteiger partial charge in [0.25, 0.3) is 0 Å². The topological polar surface area (TPSA) is 55.1 Å². The van der Waals surface area contributed by atoms with Crippen LogP contribution in [-0.4, -0.2) is 24.9 Å². The van der Waals surface area contributed by atoms with Gasteiger partial charge in [-0.3, -0.25) is 0 Å². The molecule has 0 radical (unpaired) electrons. The Balaban J connectivity index is 1.88. The van der Waals surface area contributed by atoms with Crippen LogP contribution in [0.5, 0.6) is 11.5 Å².